The Hall–Kier alpha value is -3.35. The van der Waals surface area contributed by atoms with Crippen molar-refractivity contribution in [1.29, 1.82) is 0 Å². The summed E-state index contributed by atoms with van der Waals surface area (Å²) in [4.78, 5) is 28.5. The number of phenolic OH excluding ortho intramolecular Hbond substituents is 1. The maximum atomic E-state index is 12.5. The van der Waals surface area contributed by atoms with Gasteiger partial charge in [-0.2, -0.15) is 0 Å². The molecule has 1 aromatic heterocycles. The van der Waals surface area contributed by atoms with E-state index in [-0.39, 0.29) is 12.2 Å². The summed E-state index contributed by atoms with van der Waals surface area (Å²) in [5.74, 6) is -0.841. The summed E-state index contributed by atoms with van der Waals surface area (Å²) in [6, 6.07) is 10.4. The van der Waals surface area contributed by atoms with E-state index in [4.69, 9.17) is 9.15 Å². The second-order valence-electron chi connectivity index (χ2n) is 5.45. The van der Waals surface area contributed by atoms with Gasteiger partial charge in [-0.05, 0) is 35.9 Å². The van der Waals surface area contributed by atoms with Crippen LogP contribution in [0.3, 0.4) is 0 Å². The second kappa shape index (κ2) is 7.04. The van der Waals surface area contributed by atoms with Crippen LogP contribution in [0.2, 0.25) is 0 Å². The lowest BCUT2D eigenvalue weighted by Gasteiger charge is -2.16. The number of esters is 1. The summed E-state index contributed by atoms with van der Waals surface area (Å²) < 4.78 is 9.91. The number of nitrogens with one attached hydrogen (secondary N) is 1. The number of phenols is 1. The molecule has 0 saturated carbocycles. The van der Waals surface area contributed by atoms with Crippen LogP contribution in [0.4, 0.5) is 0 Å². The second-order valence-corrected chi connectivity index (χ2v) is 5.45. The minimum Gasteiger partial charge on any atom is -0.508 e. The third kappa shape index (κ3) is 3.77. The molecule has 3 aromatic rings. The number of methoxy groups -OCH3 is 1. The van der Waals surface area contributed by atoms with E-state index in [1.165, 1.54) is 25.6 Å². The number of benzene rings is 2. The number of aromatic nitrogens is 1. The van der Waals surface area contributed by atoms with Crippen LogP contribution in [0, 0.1) is 0 Å². The van der Waals surface area contributed by atoms with Crippen molar-refractivity contribution in [2.45, 2.75) is 12.5 Å². The molecule has 25 heavy (non-hydrogen) atoms. The number of hydrogen-bond acceptors (Lipinski definition) is 6. The Labute approximate surface area is 143 Å². The van der Waals surface area contributed by atoms with E-state index in [2.05, 4.69) is 10.3 Å². The van der Waals surface area contributed by atoms with Gasteiger partial charge < -0.3 is 19.6 Å². The van der Waals surface area contributed by atoms with E-state index in [9.17, 15) is 14.7 Å². The monoisotopic (exact) mass is 340 g/mol. The zero-order valence-corrected chi connectivity index (χ0v) is 13.4. The van der Waals surface area contributed by atoms with Gasteiger partial charge in [0.05, 0.1) is 7.11 Å². The van der Waals surface area contributed by atoms with Crippen LogP contribution in [0.5, 0.6) is 5.75 Å². The summed E-state index contributed by atoms with van der Waals surface area (Å²) >= 11 is 0. The van der Waals surface area contributed by atoms with Crippen molar-refractivity contribution in [2.24, 2.45) is 0 Å². The highest BCUT2D eigenvalue weighted by atomic mass is 16.5. The molecule has 2 aromatic carbocycles. The third-order valence-electron chi connectivity index (χ3n) is 3.76. The highest BCUT2D eigenvalue weighted by molar-refractivity contribution is 5.99. The van der Waals surface area contributed by atoms with E-state index in [0.29, 0.717) is 16.7 Å². The summed E-state index contributed by atoms with van der Waals surface area (Å²) in [6.07, 6.45) is 1.54. The van der Waals surface area contributed by atoms with Gasteiger partial charge in [-0.3, -0.25) is 4.79 Å². The summed E-state index contributed by atoms with van der Waals surface area (Å²) in [6.45, 7) is 0. The Balaban J connectivity index is 1.77. The summed E-state index contributed by atoms with van der Waals surface area (Å²) in [5.41, 5.74) is 2.27. The van der Waals surface area contributed by atoms with Gasteiger partial charge >= 0.3 is 5.97 Å². The van der Waals surface area contributed by atoms with Crippen molar-refractivity contribution in [2.75, 3.05) is 7.11 Å². The zero-order valence-electron chi connectivity index (χ0n) is 13.4. The van der Waals surface area contributed by atoms with Crippen molar-refractivity contribution < 1.29 is 23.8 Å². The minimum atomic E-state index is -0.852. The standard InChI is InChI=1S/C18H16N2O5/c1-24-18(23)15(8-11-2-5-13(21)6-3-11)20-17(22)12-4-7-16-14(9-12)19-10-25-16/h2-7,9-10,15,21H,8H2,1H3,(H,20,22). The van der Waals surface area contributed by atoms with Crippen molar-refractivity contribution in [1.82, 2.24) is 10.3 Å². The van der Waals surface area contributed by atoms with Crippen LogP contribution < -0.4 is 5.32 Å². The number of rotatable bonds is 5. The lowest BCUT2D eigenvalue weighted by Crippen LogP contribution is -2.43. The molecule has 1 unspecified atom stereocenters. The Bertz CT molecular complexity index is 901. The molecular formula is C18H16N2O5. The van der Waals surface area contributed by atoms with Gasteiger partial charge in [-0.1, -0.05) is 12.1 Å². The zero-order chi connectivity index (χ0) is 17.8. The molecule has 0 saturated heterocycles. The first-order valence-electron chi connectivity index (χ1n) is 7.56. The molecule has 1 heterocycles. The Morgan fingerprint density at radius 3 is 2.72 bits per heavy atom. The predicted molar refractivity (Wildman–Crippen MR) is 89.1 cm³/mol. The maximum absolute atomic E-state index is 12.5. The van der Waals surface area contributed by atoms with Crippen LogP contribution in [-0.4, -0.2) is 35.1 Å². The highest BCUT2D eigenvalue weighted by Crippen LogP contribution is 2.15. The number of carbonyl (C=O) groups excluding carboxylic acids is 2. The van der Waals surface area contributed by atoms with Gasteiger partial charge in [0.25, 0.3) is 5.91 Å². The number of nitrogens with zero attached hydrogens (tertiary/aromatic N) is 1. The number of hydrogen-bond donors (Lipinski definition) is 2. The first-order valence-corrected chi connectivity index (χ1v) is 7.56. The average Bonchev–Trinajstić information content (AvgIpc) is 3.09. The fraction of sp³-hybridized carbons (Fsp3) is 0.167. The molecule has 1 amide bonds. The Morgan fingerprint density at radius 1 is 1.24 bits per heavy atom. The molecule has 128 valence electrons. The molecule has 0 bridgehead atoms. The number of ether oxygens (including phenoxy) is 1. The molecule has 0 aliphatic carbocycles. The van der Waals surface area contributed by atoms with E-state index in [1.807, 2.05) is 0 Å². The molecule has 0 aliphatic rings. The molecule has 1 atom stereocenters. The van der Waals surface area contributed by atoms with Crippen molar-refractivity contribution in [3.63, 3.8) is 0 Å². The number of carbonyl (C=O) groups is 2. The quantitative estimate of drug-likeness (QED) is 0.689. The smallest absolute Gasteiger partial charge is 0.328 e. The first-order chi connectivity index (χ1) is 12.1. The van der Waals surface area contributed by atoms with Crippen LogP contribution in [0.1, 0.15) is 15.9 Å². The number of amides is 1. The van der Waals surface area contributed by atoms with Gasteiger partial charge in [0.15, 0.2) is 12.0 Å². The molecule has 2 N–H and O–H groups in total. The average molecular weight is 340 g/mol. The van der Waals surface area contributed by atoms with Gasteiger partial charge in [0, 0.05) is 12.0 Å². The van der Waals surface area contributed by atoms with Crippen molar-refractivity contribution in [3.8, 4) is 5.75 Å². The topological polar surface area (TPSA) is 102 Å². The Morgan fingerprint density at radius 2 is 2.00 bits per heavy atom. The largest absolute Gasteiger partial charge is 0.508 e. The summed E-state index contributed by atoms with van der Waals surface area (Å²) in [5, 5.41) is 12.0. The SMILES string of the molecule is COC(=O)C(Cc1ccc(O)cc1)NC(=O)c1ccc2ocnc2c1. The van der Waals surface area contributed by atoms with Crippen LogP contribution in [0.15, 0.2) is 53.3 Å². The molecular weight excluding hydrogens is 324 g/mol. The molecule has 7 nitrogen and oxygen atoms in total. The first kappa shape index (κ1) is 16.5. The molecule has 7 heteroatoms. The van der Waals surface area contributed by atoms with E-state index in [0.717, 1.165) is 5.56 Å². The fourth-order valence-corrected chi connectivity index (χ4v) is 2.44. The highest BCUT2D eigenvalue weighted by Gasteiger charge is 2.23. The van der Waals surface area contributed by atoms with Gasteiger partial charge in [0.2, 0.25) is 0 Å². The minimum absolute atomic E-state index is 0.128. The van der Waals surface area contributed by atoms with Crippen LogP contribution in [0.25, 0.3) is 11.1 Å². The lowest BCUT2D eigenvalue weighted by atomic mass is 10.0. The molecule has 0 fully saturated rings. The number of fused-ring (bicyclic) bond motifs is 1. The summed E-state index contributed by atoms with van der Waals surface area (Å²) in [7, 11) is 1.26. The lowest BCUT2D eigenvalue weighted by molar-refractivity contribution is -0.142. The van der Waals surface area contributed by atoms with Crippen molar-refractivity contribution >= 4 is 23.0 Å². The van der Waals surface area contributed by atoms with Gasteiger partial charge in [-0.15, -0.1) is 0 Å². The van der Waals surface area contributed by atoms with E-state index in [1.54, 1.807) is 30.3 Å². The number of oxazole rings is 1. The van der Waals surface area contributed by atoms with Crippen LogP contribution >= 0.6 is 0 Å². The molecule has 0 radical (unpaired) electrons. The van der Waals surface area contributed by atoms with Crippen LogP contribution in [-0.2, 0) is 16.0 Å². The fourth-order valence-electron chi connectivity index (χ4n) is 2.44. The maximum Gasteiger partial charge on any atom is 0.328 e. The predicted octanol–water partition coefficient (Wildman–Crippen LogP) is 2.05. The molecule has 0 spiro atoms. The Kier molecular flexibility index (Phi) is 4.65. The number of aromatic hydroxyl groups is 1. The molecule has 0 aliphatic heterocycles. The van der Waals surface area contributed by atoms with E-state index < -0.39 is 17.9 Å². The molecule has 3 rings (SSSR count). The normalized spacial score (nSPS) is 11.9. The van der Waals surface area contributed by atoms with Crippen molar-refractivity contribution in [3.05, 3.63) is 60.0 Å². The third-order valence-corrected chi connectivity index (χ3v) is 3.76. The van der Waals surface area contributed by atoms with Gasteiger partial charge in [-0.25, -0.2) is 9.78 Å². The van der Waals surface area contributed by atoms with Gasteiger partial charge in [0.1, 0.15) is 17.3 Å². The van der Waals surface area contributed by atoms with E-state index >= 15 is 0 Å².